The molecular weight excluding hydrogens is 320 g/mol. The monoisotopic (exact) mass is 344 g/mol. The van der Waals surface area contributed by atoms with Crippen molar-refractivity contribution in [3.63, 3.8) is 0 Å². The zero-order valence-electron chi connectivity index (χ0n) is 13.9. The fourth-order valence-corrected chi connectivity index (χ4v) is 4.53. The quantitative estimate of drug-likeness (QED) is 0.851. The second-order valence-electron chi connectivity index (χ2n) is 6.97. The number of pyridine rings is 1. The molecule has 128 valence electrons. The molecule has 4 heterocycles. The van der Waals surface area contributed by atoms with Gasteiger partial charge in [-0.15, -0.1) is 11.3 Å². The Morgan fingerprint density at radius 3 is 2.79 bits per heavy atom. The molecule has 4 rings (SSSR count). The van der Waals surface area contributed by atoms with Crippen LogP contribution in [0.5, 0.6) is 0 Å². The number of likely N-dealkylation sites (tertiary alicyclic amines) is 1. The highest BCUT2D eigenvalue weighted by Crippen LogP contribution is 2.34. The molecule has 6 heteroatoms. The normalized spacial score (nSPS) is 26.0. The Morgan fingerprint density at radius 1 is 1.08 bits per heavy atom. The zero-order chi connectivity index (χ0) is 16.2. The van der Waals surface area contributed by atoms with E-state index >= 15 is 0 Å². The lowest BCUT2D eigenvalue weighted by molar-refractivity contribution is 0.0706. The molecular formula is C18H24N4OS. The largest absolute Gasteiger partial charge is 0.379 e. The van der Waals surface area contributed by atoms with Gasteiger partial charge < -0.3 is 4.74 Å². The van der Waals surface area contributed by atoms with E-state index in [9.17, 15) is 0 Å². The highest BCUT2D eigenvalue weighted by atomic mass is 32.1. The maximum Gasteiger partial charge on any atom is 0.107 e. The molecule has 2 aromatic rings. The molecule has 1 atom stereocenters. The minimum atomic E-state index is 0.253. The fraction of sp³-hybridized carbons (Fsp3) is 0.556. The van der Waals surface area contributed by atoms with E-state index < -0.39 is 0 Å². The van der Waals surface area contributed by atoms with Gasteiger partial charge in [-0.2, -0.15) is 0 Å². The van der Waals surface area contributed by atoms with Crippen molar-refractivity contribution in [1.82, 2.24) is 19.8 Å². The number of hydrogen-bond donors (Lipinski definition) is 0. The Balaban J connectivity index is 1.40. The fourth-order valence-electron chi connectivity index (χ4n) is 3.87. The summed E-state index contributed by atoms with van der Waals surface area (Å²) in [6, 6.07) is 6.16. The van der Waals surface area contributed by atoms with Gasteiger partial charge in [-0.3, -0.25) is 14.8 Å². The highest BCUT2D eigenvalue weighted by Gasteiger charge is 2.41. The predicted molar refractivity (Wildman–Crippen MR) is 94.8 cm³/mol. The molecule has 2 aliphatic heterocycles. The number of rotatable bonds is 4. The van der Waals surface area contributed by atoms with E-state index in [-0.39, 0.29) is 5.41 Å². The summed E-state index contributed by atoms with van der Waals surface area (Å²) in [6.45, 7) is 7.91. The molecule has 0 aromatic carbocycles. The van der Waals surface area contributed by atoms with Gasteiger partial charge in [0.05, 0.1) is 25.5 Å². The van der Waals surface area contributed by atoms with Crippen molar-refractivity contribution in [2.24, 2.45) is 5.41 Å². The summed E-state index contributed by atoms with van der Waals surface area (Å²) in [5.41, 5.74) is 1.40. The molecule has 0 unspecified atom stereocenters. The van der Waals surface area contributed by atoms with Gasteiger partial charge in [0.15, 0.2) is 0 Å². The average Bonchev–Trinajstić information content (AvgIpc) is 3.19. The summed E-state index contributed by atoms with van der Waals surface area (Å²) < 4.78 is 5.98. The Morgan fingerprint density at radius 2 is 2.00 bits per heavy atom. The van der Waals surface area contributed by atoms with Crippen LogP contribution in [-0.2, 0) is 17.8 Å². The maximum atomic E-state index is 5.98. The van der Waals surface area contributed by atoms with Crippen LogP contribution in [0.3, 0.4) is 0 Å². The molecule has 0 bridgehead atoms. The number of thiazole rings is 1. The van der Waals surface area contributed by atoms with E-state index in [4.69, 9.17) is 4.74 Å². The molecule has 2 aromatic heterocycles. The van der Waals surface area contributed by atoms with Crippen molar-refractivity contribution in [1.29, 1.82) is 0 Å². The van der Waals surface area contributed by atoms with Crippen LogP contribution in [-0.4, -0.2) is 59.2 Å². The highest BCUT2D eigenvalue weighted by molar-refractivity contribution is 7.09. The van der Waals surface area contributed by atoms with Gasteiger partial charge in [0.1, 0.15) is 5.01 Å². The summed E-state index contributed by atoms with van der Waals surface area (Å²) in [4.78, 5) is 14.0. The topological polar surface area (TPSA) is 41.5 Å². The van der Waals surface area contributed by atoms with Crippen LogP contribution in [0, 0.1) is 5.41 Å². The predicted octanol–water partition coefficient (Wildman–Crippen LogP) is 2.26. The van der Waals surface area contributed by atoms with E-state index in [1.54, 1.807) is 11.3 Å². The van der Waals surface area contributed by atoms with Crippen LogP contribution in [0.15, 0.2) is 36.0 Å². The Kier molecular flexibility index (Phi) is 4.89. The Hall–Kier alpha value is -1.34. The molecule has 2 aliphatic rings. The van der Waals surface area contributed by atoms with Crippen LogP contribution in [0.4, 0.5) is 0 Å². The first-order chi connectivity index (χ1) is 11.8. The second kappa shape index (κ2) is 7.27. The van der Waals surface area contributed by atoms with Gasteiger partial charge in [0.2, 0.25) is 0 Å². The van der Waals surface area contributed by atoms with Crippen LogP contribution in [0.2, 0.25) is 0 Å². The molecule has 5 nitrogen and oxygen atoms in total. The smallest absolute Gasteiger partial charge is 0.107 e. The lowest BCUT2D eigenvalue weighted by Crippen LogP contribution is -2.40. The molecule has 1 spiro atoms. The van der Waals surface area contributed by atoms with Gasteiger partial charge in [-0.05, 0) is 25.1 Å². The van der Waals surface area contributed by atoms with E-state index in [1.807, 2.05) is 18.5 Å². The van der Waals surface area contributed by atoms with E-state index in [2.05, 4.69) is 37.3 Å². The molecule has 0 N–H and O–H groups in total. The van der Waals surface area contributed by atoms with Crippen molar-refractivity contribution in [2.45, 2.75) is 19.5 Å². The summed E-state index contributed by atoms with van der Waals surface area (Å²) in [5, 5.41) is 3.27. The number of nitrogens with zero attached hydrogens (tertiary/aromatic N) is 4. The van der Waals surface area contributed by atoms with Crippen LogP contribution < -0.4 is 0 Å². The number of ether oxygens (including phenoxy) is 1. The lowest BCUT2D eigenvalue weighted by atomic mass is 9.87. The summed E-state index contributed by atoms with van der Waals surface area (Å²) in [5.74, 6) is 0. The first-order valence-electron chi connectivity index (χ1n) is 8.62. The Bertz CT molecular complexity index is 636. The molecule has 0 radical (unpaired) electrons. The van der Waals surface area contributed by atoms with E-state index in [1.165, 1.54) is 11.4 Å². The first kappa shape index (κ1) is 16.1. The second-order valence-corrected chi connectivity index (χ2v) is 7.95. The third-order valence-corrected chi connectivity index (χ3v) is 5.75. The van der Waals surface area contributed by atoms with E-state index in [0.29, 0.717) is 0 Å². The molecule has 2 fully saturated rings. The molecule has 0 amide bonds. The van der Waals surface area contributed by atoms with Gasteiger partial charge in [-0.1, -0.05) is 6.07 Å². The van der Waals surface area contributed by atoms with E-state index in [0.717, 1.165) is 58.2 Å². The van der Waals surface area contributed by atoms with Crippen molar-refractivity contribution in [2.75, 3.05) is 39.4 Å². The van der Waals surface area contributed by atoms with Gasteiger partial charge in [0.25, 0.3) is 0 Å². The lowest BCUT2D eigenvalue weighted by Gasteiger charge is -2.31. The van der Waals surface area contributed by atoms with Crippen LogP contribution >= 0.6 is 11.3 Å². The zero-order valence-corrected chi connectivity index (χ0v) is 14.7. The van der Waals surface area contributed by atoms with Gasteiger partial charge in [-0.25, -0.2) is 4.98 Å². The SMILES string of the molecule is c1ccc(CN2CCOC[C@]3(CCN(Cc4nccs4)C3)C2)nc1. The summed E-state index contributed by atoms with van der Waals surface area (Å²) >= 11 is 1.75. The summed E-state index contributed by atoms with van der Waals surface area (Å²) in [7, 11) is 0. The third-order valence-electron chi connectivity index (χ3n) is 4.99. The molecule has 24 heavy (non-hydrogen) atoms. The van der Waals surface area contributed by atoms with Crippen LogP contribution in [0.25, 0.3) is 0 Å². The van der Waals surface area contributed by atoms with Gasteiger partial charge in [0, 0.05) is 49.4 Å². The molecule has 0 aliphatic carbocycles. The van der Waals surface area contributed by atoms with Crippen molar-refractivity contribution >= 4 is 11.3 Å². The standard InChI is InChI=1S/C18H24N4OS/c1-2-5-19-16(3-1)11-22-8-9-23-15-18(14-22)4-7-21(13-18)12-17-20-6-10-24-17/h1-3,5-6,10H,4,7-9,11-15H2/t18-/m0/s1. The van der Waals surface area contributed by atoms with Crippen molar-refractivity contribution < 1.29 is 4.74 Å². The minimum absolute atomic E-state index is 0.253. The van der Waals surface area contributed by atoms with Gasteiger partial charge >= 0.3 is 0 Å². The number of aromatic nitrogens is 2. The van der Waals surface area contributed by atoms with Crippen LogP contribution in [0.1, 0.15) is 17.1 Å². The third kappa shape index (κ3) is 3.83. The van der Waals surface area contributed by atoms with Crippen molar-refractivity contribution in [3.05, 3.63) is 46.7 Å². The minimum Gasteiger partial charge on any atom is -0.379 e. The molecule has 0 saturated carbocycles. The van der Waals surface area contributed by atoms with Crippen molar-refractivity contribution in [3.8, 4) is 0 Å². The first-order valence-corrected chi connectivity index (χ1v) is 9.50. The summed E-state index contributed by atoms with van der Waals surface area (Å²) in [6.07, 6.45) is 4.98. The maximum absolute atomic E-state index is 5.98. The average molecular weight is 344 g/mol. The Labute approximate surface area is 147 Å². The number of hydrogen-bond acceptors (Lipinski definition) is 6. The molecule has 2 saturated heterocycles.